The predicted octanol–water partition coefficient (Wildman–Crippen LogP) is 15.4. The van der Waals surface area contributed by atoms with Gasteiger partial charge in [-0.2, -0.15) is 0 Å². The molecule has 0 N–H and O–H groups in total. The van der Waals surface area contributed by atoms with Crippen LogP contribution in [0.3, 0.4) is 0 Å². The van der Waals surface area contributed by atoms with Crippen molar-refractivity contribution >= 4 is 11.9 Å². The first-order valence-corrected chi connectivity index (χ1v) is 26.5. The molecule has 0 bridgehead atoms. The third-order valence-corrected chi connectivity index (χ3v) is 15.3. The van der Waals surface area contributed by atoms with E-state index in [1.54, 1.807) is 0 Å². The number of rotatable bonds is 37. The SMILES string of the molecule is CCCCCCCCC1CC1CCCCCCCCC(CCCCCCCCC1CC1CCCCCCCC)OC(=O)CC1CCC(OC(=O)C2CCN(C)CC2)C1. The average molecular weight is 812 g/mol. The number of likely N-dealkylation sites (tertiary alicyclic amines) is 1. The van der Waals surface area contributed by atoms with E-state index >= 15 is 0 Å². The van der Waals surface area contributed by atoms with E-state index in [1.165, 1.54) is 193 Å². The minimum absolute atomic E-state index is 0.00731. The zero-order valence-corrected chi connectivity index (χ0v) is 39.0. The van der Waals surface area contributed by atoms with E-state index in [-0.39, 0.29) is 36.0 Å². The van der Waals surface area contributed by atoms with Gasteiger partial charge in [0.05, 0.1) is 5.92 Å². The molecule has 0 radical (unpaired) electrons. The Kier molecular flexibility index (Phi) is 26.4. The van der Waals surface area contributed by atoms with Gasteiger partial charge in [0.15, 0.2) is 0 Å². The minimum Gasteiger partial charge on any atom is -0.462 e. The van der Waals surface area contributed by atoms with Crippen LogP contribution in [0.1, 0.15) is 258 Å². The summed E-state index contributed by atoms with van der Waals surface area (Å²) in [5, 5.41) is 0. The summed E-state index contributed by atoms with van der Waals surface area (Å²) in [5.41, 5.74) is 0. The summed E-state index contributed by atoms with van der Waals surface area (Å²) in [4.78, 5) is 28.4. The Morgan fingerprint density at radius 3 is 1.38 bits per heavy atom. The van der Waals surface area contributed by atoms with Gasteiger partial charge in [-0.3, -0.25) is 9.59 Å². The van der Waals surface area contributed by atoms with E-state index in [4.69, 9.17) is 9.47 Å². The van der Waals surface area contributed by atoms with Gasteiger partial charge in [-0.25, -0.2) is 0 Å². The summed E-state index contributed by atoms with van der Waals surface area (Å²) in [6.45, 7) is 6.56. The number of nitrogens with zero attached hydrogens (tertiary/aromatic N) is 1. The van der Waals surface area contributed by atoms with Crippen LogP contribution in [0.4, 0.5) is 0 Å². The maximum Gasteiger partial charge on any atom is 0.309 e. The third kappa shape index (κ3) is 22.7. The van der Waals surface area contributed by atoms with Crippen molar-refractivity contribution < 1.29 is 19.1 Å². The van der Waals surface area contributed by atoms with Gasteiger partial charge in [0.25, 0.3) is 0 Å². The Morgan fingerprint density at radius 2 is 0.931 bits per heavy atom. The van der Waals surface area contributed by atoms with Crippen LogP contribution in [-0.4, -0.2) is 49.2 Å². The predicted molar refractivity (Wildman–Crippen MR) is 245 cm³/mol. The van der Waals surface area contributed by atoms with Crippen molar-refractivity contribution in [1.82, 2.24) is 4.90 Å². The first kappa shape index (κ1) is 49.6. The van der Waals surface area contributed by atoms with E-state index in [9.17, 15) is 9.59 Å². The molecule has 0 aromatic rings. The Labute approximate surface area is 360 Å². The number of unbranched alkanes of at least 4 members (excludes halogenated alkanes) is 20. The lowest BCUT2D eigenvalue weighted by Gasteiger charge is -2.28. The lowest BCUT2D eigenvalue weighted by molar-refractivity contribution is -0.155. The molecule has 6 atom stereocenters. The second-order valence-electron chi connectivity index (χ2n) is 20.7. The molecule has 3 aliphatic carbocycles. The van der Waals surface area contributed by atoms with Crippen LogP contribution in [0.25, 0.3) is 0 Å². The highest BCUT2D eigenvalue weighted by atomic mass is 16.5. The minimum atomic E-state index is -0.0210. The summed E-state index contributed by atoms with van der Waals surface area (Å²) < 4.78 is 12.2. The van der Waals surface area contributed by atoms with Gasteiger partial charge in [-0.15, -0.1) is 0 Å². The van der Waals surface area contributed by atoms with E-state index in [0.29, 0.717) is 6.42 Å². The smallest absolute Gasteiger partial charge is 0.309 e. The summed E-state index contributed by atoms with van der Waals surface area (Å²) >= 11 is 0. The van der Waals surface area contributed by atoms with Crippen molar-refractivity contribution in [3.63, 3.8) is 0 Å². The highest BCUT2D eigenvalue weighted by molar-refractivity contribution is 5.73. The van der Waals surface area contributed by atoms with E-state index in [1.807, 2.05) is 0 Å². The Balaban J connectivity index is 1.04. The van der Waals surface area contributed by atoms with E-state index < -0.39 is 0 Å². The average Bonchev–Trinajstić information content (AvgIpc) is 4.11. The molecule has 58 heavy (non-hydrogen) atoms. The summed E-state index contributed by atoms with van der Waals surface area (Å²) in [6.07, 6.45) is 49.2. The zero-order chi connectivity index (χ0) is 41.0. The summed E-state index contributed by atoms with van der Waals surface area (Å²) in [7, 11) is 2.12. The molecule has 1 aliphatic heterocycles. The normalized spacial score (nSPS) is 25.2. The number of piperidine rings is 1. The van der Waals surface area contributed by atoms with Crippen molar-refractivity contribution in [2.75, 3.05) is 20.1 Å². The quantitative estimate of drug-likeness (QED) is 0.0462. The van der Waals surface area contributed by atoms with Gasteiger partial charge in [-0.1, -0.05) is 181 Å². The van der Waals surface area contributed by atoms with Gasteiger partial charge in [-0.05, 0) is 120 Å². The fourth-order valence-corrected chi connectivity index (χ4v) is 10.9. The highest BCUT2D eigenvalue weighted by Crippen LogP contribution is 2.46. The first-order valence-electron chi connectivity index (χ1n) is 26.5. The van der Waals surface area contributed by atoms with Crippen molar-refractivity contribution in [2.24, 2.45) is 35.5 Å². The Hall–Kier alpha value is -1.10. The van der Waals surface area contributed by atoms with E-state index in [2.05, 4.69) is 25.8 Å². The van der Waals surface area contributed by atoms with E-state index in [0.717, 1.165) is 81.7 Å². The Bertz CT molecular complexity index is 993. The second kappa shape index (κ2) is 30.9. The zero-order valence-electron chi connectivity index (χ0n) is 39.0. The topological polar surface area (TPSA) is 55.8 Å². The molecule has 1 heterocycles. The monoisotopic (exact) mass is 812 g/mol. The van der Waals surface area contributed by atoms with Crippen molar-refractivity contribution in [1.29, 1.82) is 0 Å². The lowest BCUT2D eigenvalue weighted by atomic mass is 9.97. The van der Waals surface area contributed by atoms with Crippen molar-refractivity contribution in [3.05, 3.63) is 0 Å². The molecule has 338 valence electrons. The van der Waals surface area contributed by atoms with Crippen LogP contribution in [-0.2, 0) is 19.1 Å². The second-order valence-corrected chi connectivity index (χ2v) is 20.7. The molecule has 4 fully saturated rings. The van der Waals surface area contributed by atoms with Gasteiger partial charge in [0.2, 0.25) is 0 Å². The van der Waals surface area contributed by atoms with Crippen LogP contribution in [0.15, 0.2) is 0 Å². The van der Waals surface area contributed by atoms with Crippen LogP contribution >= 0.6 is 0 Å². The number of carbonyl (C=O) groups is 2. The molecule has 0 aromatic carbocycles. The molecule has 6 unspecified atom stereocenters. The number of ether oxygens (including phenoxy) is 2. The maximum atomic E-state index is 13.3. The molecular weight excluding hydrogens is 715 g/mol. The van der Waals surface area contributed by atoms with Crippen molar-refractivity contribution in [3.8, 4) is 0 Å². The van der Waals surface area contributed by atoms with Crippen molar-refractivity contribution in [2.45, 2.75) is 270 Å². The van der Waals surface area contributed by atoms with Crippen LogP contribution in [0.2, 0.25) is 0 Å². The maximum absolute atomic E-state index is 13.3. The Morgan fingerprint density at radius 1 is 0.517 bits per heavy atom. The lowest BCUT2D eigenvalue weighted by Crippen LogP contribution is -2.35. The molecule has 1 saturated heterocycles. The van der Waals surface area contributed by atoms with Gasteiger partial charge >= 0.3 is 11.9 Å². The van der Waals surface area contributed by atoms with Gasteiger partial charge < -0.3 is 14.4 Å². The first-order chi connectivity index (χ1) is 28.4. The molecule has 5 nitrogen and oxygen atoms in total. The third-order valence-electron chi connectivity index (χ3n) is 15.3. The molecule has 0 amide bonds. The molecule has 5 heteroatoms. The van der Waals surface area contributed by atoms with Gasteiger partial charge in [0.1, 0.15) is 12.2 Å². The molecule has 4 aliphatic rings. The number of hydrogen-bond acceptors (Lipinski definition) is 5. The largest absolute Gasteiger partial charge is 0.462 e. The number of hydrogen-bond donors (Lipinski definition) is 0. The molecule has 3 saturated carbocycles. The number of carbonyl (C=O) groups excluding carboxylic acids is 2. The fourth-order valence-electron chi connectivity index (χ4n) is 10.9. The molecular formula is C53H97NO4. The standard InChI is InChI=1S/C53H97NO4/c1-4-6-8-10-16-22-28-46-42-48(46)30-24-18-12-14-20-26-32-50(33-27-21-15-13-19-25-31-49-43-47(49)29-23-17-11-9-7-5-2)57-52(55)41-44-34-35-51(40-44)58-53(56)45-36-38-54(3)39-37-45/h44-51H,4-43H2,1-3H3. The van der Waals surface area contributed by atoms with Crippen LogP contribution in [0.5, 0.6) is 0 Å². The fraction of sp³-hybridized carbons (Fsp3) is 0.962. The molecule has 4 rings (SSSR count). The van der Waals surface area contributed by atoms with Crippen LogP contribution in [0, 0.1) is 35.5 Å². The van der Waals surface area contributed by atoms with Gasteiger partial charge in [0, 0.05) is 6.42 Å². The molecule has 0 aromatic heterocycles. The number of esters is 2. The summed E-state index contributed by atoms with van der Waals surface area (Å²) in [6, 6.07) is 0. The summed E-state index contributed by atoms with van der Waals surface area (Å²) in [5.74, 6) is 4.54. The molecule has 0 spiro atoms. The highest BCUT2D eigenvalue weighted by Gasteiger charge is 2.36. The van der Waals surface area contributed by atoms with Crippen LogP contribution < -0.4 is 0 Å².